The number of hydrogen-bond donors (Lipinski definition) is 1. The van der Waals surface area contributed by atoms with Crippen molar-refractivity contribution in [1.29, 1.82) is 0 Å². The van der Waals surface area contributed by atoms with Crippen molar-refractivity contribution in [2.45, 2.75) is 50.3 Å². The van der Waals surface area contributed by atoms with Gasteiger partial charge in [0.15, 0.2) is 6.29 Å². The molecule has 0 spiro atoms. The highest BCUT2D eigenvalue weighted by Crippen LogP contribution is 2.31. The zero-order valence-corrected chi connectivity index (χ0v) is 18.1. The minimum Gasteiger partial charge on any atom is -0.396 e. The molecule has 1 heterocycles. The minimum atomic E-state index is -0.663. The molecule has 0 unspecified atom stereocenters. The number of rotatable bonds is 12. The van der Waals surface area contributed by atoms with Gasteiger partial charge in [-0.3, -0.25) is 0 Å². The van der Waals surface area contributed by atoms with Gasteiger partial charge in [0.25, 0.3) is 0 Å². The van der Waals surface area contributed by atoms with Crippen molar-refractivity contribution in [3.63, 3.8) is 0 Å². The first kappa shape index (κ1) is 23.8. The molecule has 0 amide bonds. The molecule has 0 saturated carbocycles. The Labute approximate surface area is 183 Å². The first-order valence-electron chi connectivity index (χ1n) is 10.5. The molecule has 0 radical (unpaired) electrons. The van der Waals surface area contributed by atoms with E-state index in [9.17, 15) is 5.11 Å². The Kier molecular flexibility index (Phi) is 9.89. The maximum Gasteiger partial charge on any atom is 0.186 e. The molecular formula is C24H32O7. The normalized spacial score (nSPS) is 26.1. The summed E-state index contributed by atoms with van der Waals surface area (Å²) in [6.45, 7) is 0.784. The van der Waals surface area contributed by atoms with Crippen molar-refractivity contribution in [2.75, 3.05) is 27.6 Å². The van der Waals surface area contributed by atoms with Crippen molar-refractivity contribution in [2.24, 2.45) is 0 Å². The van der Waals surface area contributed by atoms with E-state index in [0.717, 1.165) is 11.1 Å². The Morgan fingerprint density at radius 3 is 1.87 bits per heavy atom. The van der Waals surface area contributed by atoms with Crippen LogP contribution in [0.4, 0.5) is 0 Å². The van der Waals surface area contributed by atoms with Gasteiger partial charge in [-0.2, -0.15) is 0 Å². The van der Waals surface area contributed by atoms with Gasteiger partial charge in [0.1, 0.15) is 25.1 Å². The lowest BCUT2D eigenvalue weighted by molar-refractivity contribution is -0.324. The van der Waals surface area contributed by atoms with Gasteiger partial charge >= 0.3 is 0 Å². The Hall–Kier alpha value is -1.84. The van der Waals surface area contributed by atoms with E-state index in [-0.39, 0.29) is 13.4 Å². The molecule has 1 aliphatic heterocycles. The average Bonchev–Trinajstić information content (AvgIpc) is 2.82. The number of aliphatic hydroxyl groups is 1. The summed E-state index contributed by atoms with van der Waals surface area (Å²) in [5.74, 6) is 0. The molecular weight excluding hydrogens is 400 g/mol. The molecule has 5 atom stereocenters. The fraction of sp³-hybridized carbons (Fsp3) is 0.500. The summed E-state index contributed by atoms with van der Waals surface area (Å²) >= 11 is 0. The number of aliphatic hydroxyl groups excluding tert-OH is 1. The maximum atomic E-state index is 9.55. The molecule has 31 heavy (non-hydrogen) atoms. The highest BCUT2D eigenvalue weighted by atomic mass is 16.7. The van der Waals surface area contributed by atoms with E-state index in [1.54, 1.807) is 14.2 Å². The molecule has 1 fully saturated rings. The lowest BCUT2D eigenvalue weighted by Crippen LogP contribution is -2.60. The van der Waals surface area contributed by atoms with E-state index in [4.69, 9.17) is 28.4 Å². The highest BCUT2D eigenvalue weighted by molar-refractivity contribution is 5.14. The molecule has 1 N–H and O–H groups in total. The van der Waals surface area contributed by atoms with E-state index >= 15 is 0 Å². The van der Waals surface area contributed by atoms with E-state index in [0.29, 0.717) is 19.6 Å². The zero-order chi connectivity index (χ0) is 21.9. The minimum absolute atomic E-state index is 0.0467. The third-order valence-corrected chi connectivity index (χ3v) is 5.19. The second-order valence-electron chi connectivity index (χ2n) is 7.35. The fourth-order valence-electron chi connectivity index (χ4n) is 3.67. The maximum absolute atomic E-state index is 9.55. The van der Waals surface area contributed by atoms with E-state index in [2.05, 4.69) is 0 Å². The van der Waals surface area contributed by atoms with E-state index in [1.165, 1.54) is 0 Å². The Morgan fingerprint density at radius 2 is 1.35 bits per heavy atom. The lowest BCUT2D eigenvalue weighted by atomic mass is 9.96. The van der Waals surface area contributed by atoms with Crippen molar-refractivity contribution >= 4 is 0 Å². The van der Waals surface area contributed by atoms with Gasteiger partial charge in [-0.1, -0.05) is 60.7 Å². The van der Waals surface area contributed by atoms with E-state index in [1.807, 2.05) is 60.7 Å². The predicted molar refractivity (Wildman–Crippen MR) is 114 cm³/mol. The van der Waals surface area contributed by atoms with Crippen molar-refractivity contribution < 1.29 is 33.5 Å². The number of methoxy groups -OCH3 is 2. The molecule has 0 bridgehead atoms. The molecule has 1 aliphatic rings. The Bertz CT molecular complexity index is 727. The largest absolute Gasteiger partial charge is 0.396 e. The summed E-state index contributed by atoms with van der Waals surface area (Å²) in [6, 6.07) is 19.8. The first-order valence-corrected chi connectivity index (χ1v) is 10.5. The molecule has 3 rings (SSSR count). The van der Waals surface area contributed by atoms with Gasteiger partial charge in [-0.15, -0.1) is 0 Å². The zero-order valence-electron chi connectivity index (χ0n) is 18.1. The van der Waals surface area contributed by atoms with Crippen LogP contribution in [0.3, 0.4) is 0 Å². The van der Waals surface area contributed by atoms with Crippen LogP contribution in [-0.4, -0.2) is 63.4 Å². The summed E-state index contributed by atoms with van der Waals surface area (Å²) in [6.07, 6.45) is -2.24. The summed E-state index contributed by atoms with van der Waals surface area (Å²) in [5, 5.41) is 9.55. The standard InChI is InChI=1S/C24H32O7/c1-26-17-30-21-20(13-14-25)31-24(27-2)23(29-16-19-11-7-4-8-12-19)22(21)28-15-18-9-5-3-6-10-18/h3-12,20-25H,13-17H2,1-2H3/t20-,21-,22+,23+,24+/m1/s1. The van der Waals surface area contributed by atoms with Crippen LogP contribution < -0.4 is 0 Å². The van der Waals surface area contributed by atoms with Crippen LogP contribution in [0.15, 0.2) is 60.7 Å². The van der Waals surface area contributed by atoms with Crippen LogP contribution >= 0.6 is 0 Å². The van der Waals surface area contributed by atoms with Gasteiger partial charge < -0.3 is 33.5 Å². The lowest BCUT2D eigenvalue weighted by Gasteiger charge is -2.45. The second kappa shape index (κ2) is 12.9. The van der Waals surface area contributed by atoms with E-state index < -0.39 is 30.7 Å². The Morgan fingerprint density at radius 1 is 0.774 bits per heavy atom. The van der Waals surface area contributed by atoms with Gasteiger partial charge in [-0.25, -0.2) is 0 Å². The molecule has 2 aromatic carbocycles. The molecule has 0 aromatic heterocycles. The van der Waals surface area contributed by atoms with Crippen LogP contribution in [0.5, 0.6) is 0 Å². The van der Waals surface area contributed by atoms with Crippen molar-refractivity contribution in [3.05, 3.63) is 71.8 Å². The molecule has 2 aromatic rings. The quantitative estimate of drug-likeness (QED) is 0.517. The molecule has 1 saturated heterocycles. The van der Waals surface area contributed by atoms with Gasteiger partial charge in [0.2, 0.25) is 0 Å². The fourth-order valence-corrected chi connectivity index (χ4v) is 3.67. The summed E-state index contributed by atoms with van der Waals surface area (Å²) in [5.41, 5.74) is 2.07. The summed E-state index contributed by atoms with van der Waals surface area (Å²) in [7, 11) is 3.13. The SMILES string of the molecule is COCO[C@H]1[C@H](OCc2ccccc2)[C@H](OCc2ccccc2)[C@@H](OC)O[C@@H]1CCO. The Balaban J connectivity index is 1.82. The van der Waals surface area contributed by atoms with Gasteiger partial charge in [-0.05, 0) is 17.5 Å². The molecule has 7 heteroatoms. The van der Waals surface area contributed by atoms with Crippen LogP contribution in [0.2, 0.25) is 0 Å². The highest BCUT2D eigenvalue weighted by Gasteiger charge is 2.48. The van der Waals surface area contributed by atoms with Gasteiger partial charge in [0.05, 0.1) is 19.3 Å². The van der Waals surface area contributed by atoms with Crippen LogP contribution in [0.25, 0.3) is 0 Å². The van der Waals surface area contributed by atoms with Crippen LogP contribution in [-0.2, 0) is 41.6 Å². The molecule has 7 nitrogen and oxygen atoms in total. The second-order valence-corrected chi connectivity index (χ2v) is 7.35. The first-order chi connectivity index (χ1) is 15.3. The topological polar surface area (TPSA) is 75.6 Å². The third kappa shape index (κ3) is 6.82. The summed E-state index contributed by atoms with van der Waals surface area (Å²) in [4.78, 5) is 0. The van der Waals surface area contributed by atoms with Crippen LogP contribution in [0.1, 0.15) is 17.5 Å². The number of hydrogen-bond acceptors (Lipinski definition) is 7. The van der Waals surface area contributed by atoms with Gasteiger partial charge in [0, 0.05) is 20.8 Å². The third-order valence-electron chi connectivity index (χ3n) is 5.19. The van der Waals surface area contributed by atoms with Crippen molar-refractivity contribution in [1.82, 2.24) is 0 Å². The van der Waals surface area contributed by atoms with Crippen molar-refractivity contribution in [3.8, 4) is 0 Å². The number of ether oxygens (including phenoxy) is 6. The summed E-state index contributed by atoms with van der Waals surface area (Å²) < 4.78 is 35.4. The molecule has 0 aliphatic carbocycles. The van der Waals surface area contributed by atoms with Crippen LogP contribution in [0, 0.1) is 0 Å². The number of benzene rings is 2. The average molecular weight is 433 g/mol. The smallest absolute Gasteiger partial charge is 0.186 e. The molecule has 170 valence electrons. The monoisotopic (exact) mass is 432 g/mol. The predicted octanol–water partition coefficient (Wildman–Crippen LogP) is 2.90.